The molecule has 0 aliphatic carbocycles. The number of hydrogen-bond donors (Lipinski definition) is 0. The first-order valence-corrected chi connectivity index (χ1v) is 5.81. The van der Waals surface area contributed by atoms with E-state index in [0.717, 1.165) is 31.8 Å². The number of rotatable bonds is 4. The first-order valence-electron chi connectivity index (χ1n) is 5.81. The van der Waals surface area contributed by atoms with E-state index in [4.69, 9.17) is 9.47 Å². The molecular weight excluding hydrogens is 207 g/mol. The van der Waals surface area contributed by atoms with Gasteiger partial charge in [-0.2, -0.15) is 0 Å². The summed E-state index contributed by atoms with van der Waals surface area (Å²) in [5.41, 5.74) is 0. The van der Waals surface area contributed by atoms with Gasteiger partial charge in [0.05, 0.1) is 6.61 Å². The third kappa shape index (κ3) is 3.49. The first kappa shape index (κ1) is 11.4. The Morgan fingerprint density at radius 2 is 2.12 bits per heavy atom. The van der Waals surface area contributed by atoms with Crippen LogP contribution in [0.1, 0.15) is 19.3 Å². The van der Waals surface area contributed by atoms with Crippen LogP contribution in [0.3, 0.4) is 0 Å². The molecule has 0 bridgehead atoms. The van der Waals surface area contributed by atoms with Crippen molar-refractivity contribution < 1.29 is 13.9 Å². The third-order valence-electron chi connectivity index (χ3n) is 2.86. The Morgan fingerprint density at radius 3 is 2.81 bits per heavy atom. The Balaban J connectivity index is 1.69. The van der Waals surface area contributed by atoms with Gasteiger partial charge in [-0.1, -0.05) is 0 Å². The highest BCUT2D eigenvalue weighted by molar-refractivity contribution is 5.21. The average Bonchev–Trinajstić information content (AvgIpc) is 2.33. The summed E-state index contributed by atoms with van der Waals surface area (Å²) >= 11 is 0. The van der Waals surface area contributed by atoms with Crippen LogP contribution in [0, 0.1) is 11.7 Å². The van der Waals surface area contributed by atoms with Crippen LogP contribution in [-0.4, -0.2) is 19.8 Å². The fraction of sp³-hybridized carbons (Fsp3) is 0.538. The fourth-order valence-electron chi connectivity index (χ4n) is 1.91. The smallest absolute Gasteiger partial charge is 0.123 e. The highest BCUT2D eigenvalue weighted by Gasteiger charge is 2.13. The molecule has 16 heavy (non-hydrogen) atoms. The quantitative estimate of drug-likeness (QED) is 0.782. The molecular formula is C13H17FO2. The summed E-state index contributed by atoms with van der Waals surface area (Å²) in [6.07, 6.45) is 3.39. The van der Waals surface area contributed by atoms with Crippen molar-refractivity contribution in [1.82, 2.24) is 0 Å². The summed E-state index contributed by atoms with van der Waals surface area (Å²) < 4.78 is 23.6. The maximum Gasteiger partial charge on any atom is 0.123 e. The van der Waals surface area contributed by atoms with E-state index in [9.17, 15) is 4.39 Å². The molecule has 0 aromatic heterocycles. The van der Waals surface area contributed by atoms with Gasteiger partial charge in [-0.05, 0) is 49.4 Å². The molecule has 0 N–H and O–H groups in total. The molecule has 1 aromatic rings. The SMILES string of the molecule is Fc1ccc(OCCC2CCCOC2)cc1. The monoisotopic (exact) mass is 224 g/mol. The number of ether oxygens (including phenoxy) is 2. The zero-order valence-corrected chi connectivity index (χ0v) is 9.32. The van der Waals surface area contributed by atoms with Crippen LogP contribution >= 0.6 is 0 Å². The van der Waals surface area contributed by atoms with E-state index < -0.39 is 0 Å². The summed E-state index contributed by atoms with van der Waals surface area (Å²) in [5, 5.41) is 0. The first-order chi connectivity index (χ1) is 7.84. The van der Waals surface area contributed by atoms with E-state index in [1.807, 2.05) is 0 Å². The summed E-state index contributed by atoms with van der Waals surface area (Å²) in [6, 6.07) is 6.15. The molecule has 88 valence electrons. The van der Waals surface area contributed by atoms with Crippen molar-refractivity contribution in [1.29, 1.82) is 0 Å². The van der Waals surface area contributed by atoms with Crippen LogP contribution in [0.4, 0.5) is 4.39 Å². The van der Waals surface area contributed by atoms with E-state index in [2.05, 4.69) is 0 Å². The largest absolute Gasteiger partial charge is 0.494 e. The van der Waals surface area contributed by atoms with Crippen LogP contribution in [0.5, 0.6) is 5.75 Å². The van der Waals surface area contributed by atoms with Gasteiger partial charge in [-0.3, -0.25) is 0 Å². The number of benzene rings is 1. The van der Waals surface area contributed by atoms with E-state index in [0.29, 0.717) is 12.5 Å². The molecule has 0 saturated carbocycles. The van der Waals surface area contributed by atoms with Gasteiger partial charge in [0.15, 0.2) is 0 Å². The molecule has 1 aromatic carbocycles. The normalized spacial score (nSPS) is 20.7. The maximum atomic E-state index is 12.6. The number of hydrogen-bond acceptors (Lipinski definition) is 2. The van der Waals surface area contributed by atoms with Gasteiger partial charge in [0.25, 0.3) is 0 Å². The van der Waals surface area contributed by atoms with Gasteiger partial charge >= 0.3 is 0 Å². The molecule has 0 radical (unpaired) electrons. The molecule has 0 spiro atoms. The van der Waals surface area contributed by atoms with E-state index >= 15 is 0 Å². The van der Waals surface area contributed by atoms with Gasteiger partial charge in [0.2, 0.25) is 0 Å². The van der Waals surface area contributed by atoms with Gasteiger partial charge in [0, 0.05) is 13.2 Å². The van der Waals surface area contributed by atoms with E-state index in [-0.39, 0.29) is 5.82 Å². The molecule has 1 heterocycles. The van der Waals surface area contributed by atoms with Gasteiger partial charge < -0.3 is 9.47 Å². The van der Waals surface area contributed by atoms with Crippen molar-refractivity contribution in [3.05, 3.63) is 30.1 Å². The lowest BCUT2D eigenvalue weighted by molar-refractivity contribution is 0.0462. The van der Waals surface area contributed by atoms with Crippen molar-refractivity contribution in [2.45, 2.75) is 19.3 Å². The highest BCUT2D eigenvalue weighted by Crippen LogP contribution is 2.18. The van der Waals surface area contributed by atoms with Gasteiger partial charge in [-0.15, -0.1) is 0 Å². The molecule has 1 fully saturated rings. The van der Waals surface area contributed by atoms with Crippen LogP contribution < -0.4 is 4.74 Å². The van der Waals surface area contributed by atoms with Crippen molar-refractivity contribution in [3.63, 3.8) is 0 Å². The minimum atomic E-state index is -0.229. The number of halogens is 1. The molecule has 2 nitrogen and oxygen atoms in total. The molecule has 3 heteroatoms. The molecule has 1 atom stereocenters. The maximum absolute atomic E-state index is 12.6. The second kappa shape index (κ2) is 5.85. The summed E-state index contributed by atoms with van der Waals surface area (Å²) in [7, 11) is 0. The predicted molar refractivity (Wildman–Crippen MR) is 60.1 cm³/mol. The van der Waals surface area contributed by atoms with Crippen LogP contribution in [-0.2, 0) is 4.74 Å². The minimum Gasteiger partial charge on any atom is -0.494 e. The predicted octanol–water partition coefficient (Wildman–Crippen LogP) is 3.02. The Hall–Kier alpha value is -1.09. The Bertz CT molecular complexity index is 304. The fourth-order valence-corrected chi connectivity index (χ4v) is 1.91. The minimum absolute atomic E-state index is 0.229. The summed E-state index contributed by atoms with van der Waals surface area (Å²) in [4.78, 5) is 0. The molecule has 1 unspecified atom stereocenters. The van der Waals surface area contributed by atoms with Crippen molar-refractivity contribution >= 4 is 0 Å². The van der Waals surface area contributed by atoms with Crippen LogP contribution in [0.2, 0.25) is 0 Å². The zero-order chi connectivity index (χ0) is 11.2. The highest BCUT2D eigenvalue weighted by atomic mass is 19.1. The molecule has 2 rings (SSSR count). The molecule has 1 aliphatic heterocycles. The molecule has 1 saturated heterocycles. The standard InChI is InChI=1S/C13H17FO2/c14-12-3-5-13(6-4-12)16-9-7-11-2-1-8-15-10-11/h3-6,11H,1-2,7-10H2. The summed E-state index contributed by atoms with van der Waals surface area (Å²) in [6.45, 7) is 2.43. The van der Waals surface area contributed by atoms with Gasteiger partial charge in [-0.25, -0.2) is 4.39 Å². The van der Waals surface area contributed by atoms with Crippen LogP contribution in [0.25, 0.3) is 0 Å². The summed E-state index contributed by atoms with van der Waals surface area (Å²) in [5.74, 6) is 1.13. The van der Waals surface area contributed by atoms with Crippen molar-refractivity contribution in [2.24, 2.45) is 5.92 Å². The topological polar surface area (TPSA) is 18.5 Å². The second-order valence-electron chi connectivity index (χ2n) is 4.17. The van der Waals surface area contributed by atoms with Crippen LogP contribution in [0.15, 0.2) is 24.3 Å². The van der Waals surface area contributed by atoms with E-state index in [1.165, 1.54) is 18.6 Å². The Morgan fingerprint density at radius 1 is 1.31 bits per heavy atom. The lowest BCUT2D eigenvalue weighted by Crippen LogP contribution is -2.19. The second-order valence-corrected chi connectivity index (χ2v) is 4.17. The zero-order valence-electron chi connectivity index (χ0n) is 9.32. The van der Waals surface area contributed by atoms with Crippen molar-refractivity contribution in [3.8, 4) is 5.75 Å². The average molecular weight is 224 g/mol. The lowest BCUT2D eigenvalue weighted by Gasteiger charge is -2.21. The molecule has 0 amide bonds. The van der Waals surface area contributed by atoms with E-state index in [1.54, 1.807) is 12.1 Å². The Kier molecular flexibility index (Phi) is 4.17. The lowest BCUT2D eigenvalue weighted by atomic mass is 9.99. The van der Waals surface area contributed by atoms with Crippen molar-refractivity contribution in [2.75, 3.05) is 19.8 Å². The molecule has 1 aliphatic rings. The van der Waals surface area contributed by atoms with Gasteiger partial charge in [0.1, 0.15) is 11.6 Å². The Labute approximate surface area is 95.4 Å². The third-order valence-corrected chi connectivity index (χ3v) is 2.86.